The van der Waals surface area contributed by atoms with Crippen LogP contribution in [0.15, 0.2) is 84.0 Å². The number of ether oxygens (including phenoxy) is 2. The number of fused-ring (bicyclic) bond motifs is 5. The molecule has 0 spiro atoms. The summed E-state index contributed by atoms with van der Waals surface area (Å²) in [6, 6.07) is 18.3. The van der Waals surface area contributed by atoms with Crippen LogP contribution < -0.4 is 0 Å². The highest BCUT2D eigenvalue weighted by molar-refractivity contribution is 5.90. The summed E-state index contributed by atoms with van der Waals surface area (Å²) in [7, 11) is 0. The van der Waals surface area contributed by atoms with E-state index in [-0.39, 0.29) is 40.9 Å². The van der Waals surface area contributed by atoms with E-state index in [0.717, 1.165) is 25.7 Å². The van der Waals surface area contributed by atoms with Crippen LogP contribution in [-0.2, 0) is 9.47 Å². The minimum atomic E-state index is -0.416. The van der Waals surface area contributed by atoms with Gasteiger partial charge in [-0.1, -0.05) is 94.3 Å². The van der Waals surface area contributed by atoms with E-state index in [1.165, 1.54) is 24.0 Å². The van der Waals surface area contributed by atoms with E-state index in [2.05, 4.69) is 46.8 Å². The number of benzene rings is 2. The Bertz CT molecular complexity index is 1460. The van der Waals surface area contributed by atoms with E-state index >= 15 is 0 Å². The molecule has 0 radical (unpaired) electrons. The molecule has 6 rings (SSSR count). The standard InChI is InChI=1S/C41H52O5/c1-26(2)36(42)21-16-27(3)33-19-20-34-32-18-17-30-24-31(45-38(43)28-12-8-6-9-13-28)25-37(46-39(44)29-14-10-7-11-15-29)41(30,5)35(32)22-23-40(33,34)4/h6-15,17-18,26-27,31,33-37,42H,16,19-25H2,1-5H3/t27-,31-,33-,34+,35+,36?,37+,40-,41+/m1/s1. The number of aliphatic hydroxyl groups excluding tert-OH is 1. The zero-order valence-electron chi connectivity index (χ0n) is 28.3. The summed E-state index contributed by atoms with van der Waals surface area (Å²) in [6.07, 6.45) is 11.3. The minimum absolute atomic E-state index is 0.227. The maximum Gasteiger partial charge on any atom is 0.338 e. The van der Waals surface area contributed by atoms with Gasteiger partial charge in [-0.3, -0.25) is 0 Å². The van der Waals surface area contributed by atoms with Crippen LogP contribution in [0.1, 0.15) is 107 Å². The van der Waals surface area contributed by atoms with Gasteiger partial charge in [-0.2, -0.15) is 0 Å². The molecule has 5 heteroatoms. The van der Waals surface area contributed by atoms with Gasteiger partial charge < -0.3 is 14.6 Å². The zero-order valence-corrected chi connectivity index (χ0v) is 28.3. The molecule has 3 saturated carbocycles. The van der Waals surface area contributed by atoms with E-state index < -0.39 is 6.10 Å². The number of carbonyl (C=O) groups excluding carboxylic acids is 2. The van der Waals surface area contributed by atoms with Crippen LogP contribution in [0.4, 0.5) is 0 Å². The second kappa shape index (κ2) is 13.1. The highest BCUT2D eigenvalue weighted by Gasteiger charge is 2.60. The van der Waals surface area contributed by atoms with Gasteiger partial charge in [-0.05, 0) is 97.8 Å². The lowest BCUT2D eigenvalue weighted by molar-refractivity contribution is -0.0732. The molecule has 0 heterocycles. The van der Waals surface area contributed by atoms with Crippen LogP contribution in [0.25, 0.3) is 0 Å². The number of allylic oxidation sites excluding steroid dienone is 3. The van der Waals surface area contributed by atoms with E-state index in [0.29, 0.717) is 47.6 Å². The van der Waals surface area contributed by atoms with Crippen molar-refractivity contribution in [2.75, 3.05) is 0 Å². The van der Waals surface area contributed by atoms with Crippen molar-refractivity contribution >= 4 is 11.9 Å². The molecule has 0 aliphatic heterocycles. The lowest BCUT2D eigenvalue weighted by Gasteiger charge is -2.57. The first-order valence-corrected chi connectivity index (χ1v) is 17.6. The molecule has 1 N–H and O–H groups in total. The molecule has 246 valence electrons. The predicted molar refractivity (Wildman–Crippen MR) is 181 cm³/mol. The normalized spacial score (nSPS) is 33.1. The van der Waals surface area contributed by atoms with Gasteiger partial charge in [0.25, 0.3) is 0 Å². The Balaban J connectivity index is 1.27. The lowest BCUT2D eigenvalue weighted by atomic mass is 9.49. The summed E-state index contributed by atoms with van der Waals surface area (Å²) in [5, 5.41) is 10.5. The topological polar surface area (TPSA) is 72.8 Å². The average molecular weight is 625 g/mol. The van der Waals surface area contributed by atoms with Gasteiger partial charge in [0, 0.05) is 18.3 Å². The van der Waals surface area contributed by atoms with E-state index in [1.54, 1.807) is 24.3 Å². The maximum atomic E-state index is 13.6. The van der Waals surface area contributed by atoms with Crippen molar-refractivity contribution in [3.63, 3.8) is 0 Å². The third-order valence-electron chi connectivity index (χ3n) is 12.6. The SMILES string of the molecule is CC(C)C(O)CC[C@@H](C)[C@H]1CC[C@H]2C3=CC=C4C[C@@H](OC(=O)c5ccccc5)C[C@H](OC(=O)c5ccccc5)[C@]4(C)[C@H]3CC[C@]12C. The van der Waals surface area contributed by atoms with Crippen molar-refractivity contribution in [1.82, 2.24) is 0 Å². The van der Waals surface area contributed by atoms with Gasteiger partial charge >= 0.3 is 11.9 Å². The molecule has 0 amide bonds. The Morgan fingerprint density at radius 1 is 0.826 bits per heavy atom. The average Bonchev–Trinajstić information content (AvgIpc) is 3.42. The molecule has 4 aliphatic carbocycles. The molecule has 4 aliphatic rings. The molecule has 2 aromatic rings. The van der Waals surface area contributed by atoms with Crippen molar-refractivity contribution in [1.29, 1.82) is 0 Å². The first-order valence-electron chi connectivity index (χ1n) is 17.6. The van der Waals surface area contributed by atoms with Crippen LogP contribution in [-0.4, -0.2) is 35.4 Å². The molecule has 0 bridgehead atoms. The molecule has 5 nitrogen and oxygen atoms in total. The summed E-state index contributed by atoms with van der Waals surface area (Å²) in [4.78, 5) is 26.7. The number of esters is 2. The third-order valence-corrected chi connectivity index (χ3v) is 12.6. The fraction of sp³-hybridized carbons (Fsp3) is 0.561. The van der Waals surface area contributed by atoms with Gasteiger partial charge in [-0.25, -0.2) is 9.59 Å². The molecular formula is C41H52O5. The summed E-state index contributed by atoms with van der Waals surface area (Å²) in [5.41, 5.74) is 3.68. The lowest BCUT2D eigenvalue weighted by Crippen LogP contribution is -2.54. The van der Waals surface area contributed by atoms with Gasteiger partial charge in [-0.15, -0.1) is 0 Å². The first kappa shape index (κ1) is 32.7. The molecule has 1 unspecified atom stereocenters. The molecular weight excluding hydrogens is 572 g/mol. The number of carbonyl (C=O) groups is 2. The number of aliphatic hydroxyl groups is 1. The van der Waals surface area contributed by atoms with Gasteiger partial charge in [0.2, 0.25) is 0 Å². The number of hydrogen-bond donors (Lipinski definition) is 1. The van der Waals surface area contributed by atoms with Crippen molar-refractivity contribution in [2.45, 2.75) is 104 Å². The van der Waals surface area contributed by atoms with Gasteiger partial charge in [0.1, 0.15) is 12.2 Å². The molecule has 2 aromatic carbocycles. The Kier molecular flexibility index (Phi) is 9.36. The van der Waals surface area contributed by atoms with Crippen LogP contribution in [0.5, 0.6) is 0 Å². The quantitative estimate of drug-likeness (QED) is 0.282. The van der Waals surface area contributed by atoms with Crippen LogP contribution in [0.2, 0.25) is 0 Å². The van der Waals surface area contributed by atoms with Crippen molar-refractivity contribution in [3.05, 3.63) is 95.1 Å². The second-order valence-electron chi connectivity index (χ2n) is 15.4. The highest BCUT2D eigenvalue weighted by Crippen LogP contribution is 2.66. The fourth-order valence-electron chi connectivity index (χ4n) is 9.77. The molecule has 0 aromatic heterocycles. The summed E-state index contributed by atoms with van der Waals surface area (Å²) in [5.74, 6) is 1.62. The molecule has 3 fully saturated rings. The number of rotatable bonds is 9. The summed E-state index contributed by atoms with van der Waals surface area (Å²) < 4.78 is 12.6. The summed E-state index contributed by atoms with van der Waals surface area (Å²) in [6.45, 7) is 11.4. The van der Waals surface area contributed by atoms with Crippen molar-refractivity contribution in [2.24, 2.45) is 40.4 Å². The van der Waals surface area contributed by atoms with Crippen LogP contribution in [0, 0.1) is 40.4 Å². The van der Waals surface area contributed by atoms with E-state index in [1.807, 2.05) is 36.4 Å². The van der Waals surface area contributed by atoms with E-state index in [9.17, 15) is 14.7 Å². The molecule has 46 heavy (non-hydrogen) atoms. The van der Waals surface area contributed by atoms with E-state index in [4.69, 9.17) is 9.47 Å². The fourth-order valence-corrected chi connectivity index (χ4v) is 9.77. The number of hydrogen-bond acceptors (Lipinski definition) is 5. The first-order chi connectivity index (χ1) is 22.0. The highest BCUT2D eigenvalue weighted by atomic mass is 16.6. The van der Waals surface area contributed by atoms with Crippen molar-refractivity contribution < 1.29 is 24.2 Å². The largest absolute Gasteiger partial charge is 0.458 e. The van der Waals surface area contributed by atoms with Crippen LogP contribution >= 0.6 is 0 Å². The third kappa shape index (κ3) is 6.01. The molecule has 9 atom stereocenters. The van der Waals surface area contributed by atoms with Gasteiger partial charge in [0.15, 0.2) is 0 Å². The Morgan fingerprint density at radius 3 is 2.09 bits per heavy atom. The smallest absolute Gasteiger partial charge is 0.338 e. The molecule has 0 saturated heterocycles. The second-order valence-corrected chi connectivity index (χ2v) is 15.4. The minimum Gasteiger partial charge on any atom is -0.458 e. The van der Waals surface area contributed by atoms with Crippen LogP contribution in [0.3, 0.4) is 0 Å². The van der Waals surface area contributed by atoms with Crippen molar-refractivity contribution in [3.8, 4) is 0 Å². The predicted octanol–water partition coefficient (Wildman–Crippen LogP) is 8.98. The Hall–Kier alpha value is -3.18. The summed E-state index contributed by atoms with van der Waals surface area (Å²) >= 11 is 0. The van der Waals surface area contributed by atoms with Gasteiger partial charge in [0.05, 0.1) is 17.2 Å². The monoisotopic (exact) mass is 624 g/mol. The Morgan fingerprint density at radius 2 is 1.46 bits per heavy atom. The zero-order chi connectivity index (χ0) is 32.6. The Labute approximate surface area is 275 Å². The maximum absolute atomic E-state index is 13.6.